The summed E-state index contributed by atoms with van der Waals surface area (Å²) in [6.45, 7) is 0. The number of ether oxygens (including phenoxy) is 1. The minimum Gasteiger partial charge on any atom is -0.496 e. The number of rotatable bonds is 5. The third-order valence-corrected chi connectivity index (χ3v) is 4.90. The van der Waals surface area contributed by atoms with Crippen LogP contribution in [0.15, 0.2) is 52.4 Å². The maximum atomic E-state index is 12.3. The number of nitrogens with zero attached hydrogens (tertiary/aromatic N) is 3. The number of aromatic amines is 1. The van der Waals surface area contributed by atoms with Gasteiger partial charge in [-0.2, -0.15) is 10.4 Å². The van der Waals surface area contributed by atoms with E-state index in [1.807, 2.05) is 24.3 Å². The standard InChI is InChI=1S/C22H19N5O2/c1-29-19-11-16-9-5-8-15(16)10-17(19)13-24-27-22-25-20(14-6-3-2-4-7-14)18(12-23)21(28)26-22/h2-4,6-7,10-11,13H,5,8-9H2,1H3,(H2,25,26,27,28). The molecule has 4 rings (SSSR count). The van der Waals surface area contributed by atoms with Gasteiger partial charge in [-0.3, -0.25) is 9.78 Å². The average Bonchev–Trinajstić information content (AvgIpc) is 3.20. The summed E-state index contributed by atoms with van der Waals surface area (Å²) in [4.78, 5) is 19.2. The molecular formula is C22H19N5O2. The maximum absolute atomic E-state index is 12.3. The van der Waals surface area contributed by atoms with Crippen molar-refractivity contribution in [1.82, 2.24) is 9.97 Å². The summed E-state index contributed by atoms with van der Waals surface area (Å²) >= 11 is 0. The number of anilines is 1. The molecule has 2 aromatic carbocycles. The van der Waals surface area contributed by atoms with E-state index in [-0.39, 0.29) is 11.5 Å². The lowest BCUT2D eigenvalue weighted by Gasteiger charge is -2.08. The van der Waals surface area contributed by atoms with Crippen molar-refractivity contribution in [3.63, 3.8) is 0 Å². The van der Waals surface area contributed by atoms with Gasteiger partial charge in [0.2, 0.25) is 5.95 Å². The number of nitrogens with one attached hydrogen (secondary N) is 2. The van der Waals surface area contributed by atoms with Crippen LogP contribution in [0.4, 0.5) is 5.95 Å². The largest absolute Gasteiger partial charge is 0.496 e. The highest BCUT2D eigenvalue weighted by Crippen LogP contribution is 2.29. The first-order valence-corrected chi connectivity index (χ1v) is 9.28. The van der Waals surface area contributed by atoms with E-state index in [0.717, 1.165) is 30.6 Å². The van der Waals surface area contributed by atoms with Crippen LogP contribution in [0.1, 0.15) is 28.7 Å². The van der Waals surface area contributed by atoms with Crippen LogP contribution in [-0.2, 0) is 12.8 Å². The number of nitriles is 1. The molecule has 1 aliphatic carbocycles. The third kappa shape index (κ3) is 3.73. The molecule has 0 unspecified atom stereocenters. The van der Waals surface area contributed by atoms with Gasteiger partial charge in [0.15, 0.2) is 0 Å². The van der Waals surface area contributed by atoms with E-state index in [0.29, 0.717) is 11.3 Å². The summed E-state index contributed by atoms with van der Waals surface area (Å²) in [5.41, 5.74) is 6.66. The molecule has 0 bridgehead atoms. The fourth-order valence-electron chi connectivity index (χ4n) is 3.50. The van der Waals surface area contributed by atoms with E-state index >= 15 is 0 Å². The topological polar surface area (TPSA) is 103 Å². The molecule has 3 aromatic rings. The summed E-state index contributed by atoms with van der Waals surface area (Å²) < 4.78 is 5.47. The summed E-state index contributed by atoms with van der Waals surface area (Å²) in [5, 5.41) is 13.5. The predicted octanol–water partition coefficient (Wildman–Crippen LogP) is 3.25. The molecule has 0 fully saturated rings. The Morgan fingerprint density at radius 2 is 2.00 bits per heavy atom. The SMILES string of the molecule is COc1cc2c(cc1C=NNc1nc(-c3ccccc3)c(C#N)c(=O)[nH]1)CCC2. The molecule has 7 heteroatoms. The fourth-order valence-corrected chi connectivity index (χ4v) is 3.50. The molecule has 1 aliphatic rings. The Hall–Kier alpha value is -3.92. The second-order valence-corrected chi connectivity index (χ2v) is 6.70. The van der Waals surface area contributed by atoms with Gasteiger partial charge in [-0.15, -0.1) is 0 Å². The Morgan fingerprint density at radius 3 is 2.72 bits per heavy atom. The molecule has 0 saturated carbocycles. The predicted molar refractivity (Wildman–Crippen MR) is 111 cm³/mol. The summed E-state index contributed by atoms with van der Waals surface area (Å²) in [6.07, 6.45) is 4.91. The van der Waals surface area contributed by atoms with Crippen LogP contribution in [0.2, 0.25) is 0 Å². The van der Waals surface area contributed by atoms with Crippen molar-refractivity contribution in [1.29, 1.82) is 5.26 Å². The molecule has 0 saturated heterocycles. The first-order chi connectivity index (χ1) is 14.2. The van der Waals surface area contributed by atoms with Crippen LogP contribution >= 0.6 is 0 Å². The first-order valence-electron chi connectivity index (χ1n) is 9.28. The molecule has 2 N–H and O–H groups in total. The van der Waals surface area contributed by atoms with Gasteiger partial charge in [0.05, 0.1) is 19.0 Å². The molecule has 0 radical (unpaired) electrons. The Morgan fingerprint density at radius 1 is 1.24 bits per heavy atom. The minimum absolute atomic E-state index is 0.0361. The number of H-pyrrole nitrogens is 1. The second-order valence-electron chi connectivity index (χ2n) is 6.70. The third-order valence-electron chi connectivity index (χ3n) is 4.90. The van der Waals surface area contributed by atoms with Crippen LogP contribution in [-0.4, -0.2) is 23.3 Å². The summed E-state index contributed by atoms with van der Waals surface area (Å²) in [6, 6.07) is 15.2. The molecule has 1 heterocycles. The summed E-state index contributed by atoms with van der Waals surface area (Å²) in [5.74, 6) is 0.909. The molecule has 144 valence electrons. The molecule has 0 atom stereocenters. The van der Waals surface area contributed by atoms with Crippen LogP contribution < -0.4 is 15.7 Å². The maximum Gasteiger partial charge on any atom is 0.270 e. The van der Waals surface area contributed by atoms with Crippen molar-refractivity contribution < 1.29 is 4.74 Å². The fraction of sp³-hybridized carbons (Fsp3) is 0.182. The van der Waals surface area contributed by atoms with Crippen molar-refractivity contribution in [2.24, 2.45) is 5.10 Å². The number of hydrazone groups is 1. The molecule has 7 nitrogen and oxygen atoms in total. The van der Waals surface area contributed by atoms with Gasteiger partial charge < -0.3 is 4.74 Å². The zero-order chi connectivity index (χ0) is 20.2. The van der Waals surface area contributed by atoms with E-state index in [2.05, 4.69) is 32.6 Å². The van der Waals surface area contributed by atoms with E-state index in [9.17, 15) is 10.1 Å². The monoisotopic (exact) mass is 385 g/mol. The van der Waals surface area contributed by atoms with Gasteiger partial charge in [0.25, 0.3) is 5.56 Å². The number of aryl methyl sites for hydroxylation is 2. The Labute approximate surface area is 167 Å². The number of methoxy groups -OCH3 is 1. The van der Waals surface area contributed by atoms with E-state index in [4.69, 9.17) is 4.74 Å². The van der Waals surface area contributed by atoms with E-state index < -0.39 is 5.56 Å². The normalized spacial score (nSPS) is 12.6. The van der Waals surface area contributed by atoms with Gasteiger partial charge in [-0.05, 0) is 42.5 Å². The van der Waals surface area contributed by atoms with Crippen molar-refractivity contribution in [2.45, 2.75) is 19.3 Å². The zero-order valence-electron chi connectivity index (χ0n) is 15.9. The lowest BCUT2D eigenvalue weighted by Crippen LogP contribution is -2.16. The lowest BCUT2D eigenvalue weighted by molar-refractivity contribution is 0.413. The van der Waals surface area contributed by atoms with Gasteiger partial charge in [-0.1, -0.05) is 30.3 Å². The lowest BCUT2D eigenvalue weighted by atomic mass is 10.1. The number of hydrogen-bond acceptors (Lipinski definition) is 6. The molecule has 0 amide bonds. The van der Waals surface area contributed by atoms with Gasteiger partial charge in [0, 0.05) is 11.1 Å². The minimum atomic E-state index is -0.519. The molecular weight excluding hydrogens is 366 g/mol. The highest BCUT2D eigenvalue weighted by molar-refractivity contribution is 5.84. The summed E-state index contributed by atoms with van der Waals surface area (Å²) in [7, 11) is 1.63. The van der Waals surface area contributed by atoms with E-state index in [1.165, 1.54) is 11.1 Å². The Bertz CT molecular complexity index is 1180. The highest BCUT2D eigenvalue weighted by atomic mass is 16.5. The van der Waals surface area contributed by atoms with Crippen molar-refractivity contribution in [3.8, 4) is 23.1 Å². The molecule has 0 spiro atoms. The second kappa shape index (κ2) is 7.98. The number of aromatic nitrogens is 2. The Kier molecular flexibility index (Phi) is 5.08. The van der Waals surface area contributed by atoms with Crippen LogP contribution in [0, 0.1) is 11.3 Å². The average molecular weight is 385 g/mol. The van der Waals surface area contributed by atoms with Crippen LogP contribution in [0.5, 0.6) is 5.75 Å². The zero-order valence-corrected chi connectivity index (χ0v) is 15.9. The molecule has 29 heavy (non-hydrogen) atoms. The molecule has 1 aromatic heterocycles. The number of hydrogen-bond donors (Lipinski definition) is 2. The molecule has 0 aliphatic heterocycles. The smallest absolute Gasteiger partial charge is 0.270 e. The van der Waals surface area contributed by atoms with Gasteiger partial charge >= 0.3 is 0 Å². The highest BCUT2D eigenvalue weighted by Gasteiger charge is 2.15. The number of benzene rings is 2. The Balaban J connectivity index is 1.64. The van der Waals surface area contributed by atoms with Crippen molar-refractivity contribution in [3.05, 3.63) is 75.1 Å². The van der Waals surface area contributed by atoms with Crippen molar-refractivity contribution in [2.75, 3.05) is 12.5 Å². The van der Waals surface area contributed by atoms with Crippen molar-refractivity contribution >= 4 is 12.2 Å². The van der Waals surface area contributed by atoms with Crippen LogP contribution in [0.3, 0.4) is 0 Å². The first kappa shape index (κ1) is 18.4. The quantitative estimate of drug-likeness (QED) is 0.518. The van der Waals surface area contributed by atoms with E-state index in [1.54, 1.807) is 25.5 Å². The van der Waals surface area contributed by atoms with Crippen LogP contribution in [0.25, 0.3) is 11.3 Å². The van der Waals surface area contributed by atoms with Gasteiger partial charge in [0.1, 0.15) is 17.4 Å². The van der Waals surface area contributed by atoms with Gasteiger partial charge in [-0.25, -0.2) is 10.4 Å². The number of fused-ring (bicyclic) bond motifs is 1.